The van der Waals surface area contributed by atoms with Crippen LogP contribution in [0.2, 0.25) is 0 Å². The average Bonchev–Trinajstić information content (AvgIpc) is 3.40. The first-order chi connectivity index (χ1) is 11.9. The lowest BCUT2D eigenvalue weighted by molar-refractivity contribution is -0.137. The molecule has 1 fully saturated rings. The van der Waals surface area contributed by atoms with Crippen molar-refractivity contribution in [2.24, 2.45) is 5.92 Å². The number of aliphatic hydroxyl groups is 1. The molecule has 1 aliphatic rings. The molecule has 0 aliphatic heterocycles. The Kier molecular flexibility index (Phi) is 4.81. The van der Waals surface area contributed by atoms with E-state index >= 15 is 0 Å². The van der Waals surface area contributed by atoms with E-state index in [1.807, 2.05) is 30.3 Å². The molecule has 3 rings (SSSR count). The Labute approximate surface area is 143 Å². The molecule has 0 heterocycles. The number of amides is 1. The topological polar surface area (TPSA) is 49.3 Å². The van der Waals surface area contributed by atoms with Gasteiger partial charge >= 0.3 is 6.18 Å². The van der Waals surface area contributed by atoms with Gasteiger partial charge in [-0.15, -0.1) is 0 Å². The van der Waals surface area contributed by atoms with Crippen molar-refractivity contribution in [1.29, 1.82) is 0 Å². The smallest absolute Gasteiger partial charge is 0.387 e. The van der Waals surface area contributed by atoms with Gasteiger partial charge in [0.05, 0.1) is 11.7 Å². The summed E-state index contributed by atoms with van der Waals surface area (Å²) in [6, 6.07) is 14.2. The minimum Gasteiger partial charge on any atom is -0.387 e. The van der Waals surface area contributed by atoms with Gasteiger partial charge in [0, 0.05) is 12.5 Å². The zero-order chi connectivity index (χ0) is 18.0. The molecule has 2 aromatic rings. The fourth-order valence-corrected chi connectivity index (χ4v) is 2.92. The van der Waals surface area contributed by atoms with Crippen LogP contribution in [-0.2, 0) is 11.0 Å². The van der Waals surface area contributed by atoms with Gasteiger partial charge in [-0.3, -0.25) is 4.79 Å². The highest BCUT2D eigenvalue weighted by Gasteiger charge is 2.43. The highest BCUT2D eigenvalue weighted by Crippen LogP contribution is 2.47. The Morgan fingerprint density at radius 2 is 1.88 bits per heavy atom. The summed E-state index contributed by atoms with van der Waals surface area (Å²) in [7, 11) is 0. The van der Waals surface area contributed by atoms with Crippen molar-refractivity contribution in [2.45, 2.75) is 24.6 Å². The second-order valence-corrected chi connectivity index (χ2v) is 6.24. The predicted molar refractivity (Wildman–Crippen MR) is 86.7 cm³/mol. The first-order valence-corrected chi connectivity index (χ1v) is 8.04. The van der Waals surface area contributed by atoms with E-state index in [0.717, 1.165) is 24.1 Å². The molecule has 3 atom stereocenters. The van der Waals surface area contributed by atoms with Gasteiger partial charge in [0.25, 0.3) is 0 Å². The van der Waals surface area contributed by atoms with Crippen LogP contribution in [0, 0.1) is 5.92 Å². The molecule has 2 aromatic carbocycles. The number of hydrogen-bond donors (Lipinski definition) is 2. The molecule has 132 valence electrons. The van der Waals surface area contributed by atoms with Crippen molar-refractivity contribution in [2.75, 3.05) is 6.54 Å². The fourth-order valence-electron chi connectivity index (χ4n) is 2.92. The standard InChI is InChI=1S/C19H18F3NO2/c20-19(21,22)14-8-4-7-13(9-14)17(24)11-23-18(25)16-10-15(16)12-5-2-1-3-6-12/h1-9,15-17,24H,10-11H2,(H,23,25). The maximum Gasteiger partial charge on any atom is 0.416 e. The highest BCUT2D eigenvalue weighted by atomic mass is 19.4. The molecule has 2 N–H and O–H groups in total. The lowest BCUT2D eigenvalue weighted by Crippen LogP contribution is -2.30. The van der Waals surface area contributed by atoms with Crippen molar-refractivity contribution < 1.29 is 23.1 Å². The third-order valence-corrected chi connectivity index (χ3v) is 4.42. The van der Waals surface area contributed by atoms with Crippen molar-refractivity contribution in [3.8, 4) is 0 Å². The quantitative estimate of drug-likeness (QED) is 0.866. The Morgan fingerprint density at radius 3 is 2.56 bits per heavy atom. The second-order valence-electron chi connectivity index (χ2n) is 6.24. The molecule has 6 heteroatoms. The summed E-state index contributed by atoms with van der Waals surface area (Å²) in [6.07, 6.45) is -4.90. The Balaban J connectivity index is 1.55. The van der Waals surface area contributed by atoms with Gasteiger partial charge < -0.3 is 10.4 Å². The molecule has 1 amide bonds. The minimum absolute atomic E-state index is 0.113. The van der Waals surface area contributed by atoms with Crippen molar-refractivity contribution >= 4 is 5.91 Å². The third-order valence-electron chi connectivity index (χ3n) is 4.42. The number of benzene rings is 2. The second kappa shape index (κ2) is 6.88. The molecule has 3 nitrogen and oxygen atoms in total. The zero-order valence-electron chi connectivity index (χ0n) is 13.3. The van der Waals surface area contributed by atoms with E-state index in [9.17, 15) is 23.1 Å². The van der Waals surface area contributed by atoms with Gasteiger partial charge in [0.1, 0.15) is 0 Å². The summed E-state index contributed by atoms with van der Waals surface area (Å²) in [5.74, 6) is -0.150. The molecule has 0 aromatic heterocycles. The predicted octanol–water partition coefficient (Wildman–Crippen LogP) is 3.66. The molecule has 0 radical (unpaired) electrons. The van der Waals surface area contributed by atoms with Crippen molar-refractivity contribution in [1.82, 2.24) is 5.32 Å². The van der Waals surface area contributed by atoms with Gasteiger partial charge in [-0.05, 0) is 35.6 Å². The monoisotopic (exact) mass is 349 g/mol. The minimum atomic E-state index is -4.46. The van der Waals surface area contributed by atoms with E-state index in [-0.39, 0.29) is 29.9 Å². The summed E-state index contributed by atoms with van der Waals surface area (Å²) in [5, 5.41) is 12.7. The summed E-state index contributed by atoms with van der Waals surface area (Å²) in [5.41, 5.74) is 0.410. The number of alkyl halides is 3. The van der Waals surface area contributed by atoms with Crippen LogP contribution in [0.25, 0.3) is 0 Å². The van der Waals surface area contributed by atoms with Crippen LogP contribution in [0.15, 0.2) is 54.6 Å². The number of carbonyl (C=O) groups excluding carboxylic acids is 1. The van der Waals surface area contributed by atoms with Crippen molar-refractivity contribution in [3.63, 3.8) is 0 Å². The van der Waals surface area contributed by atoms with Crippen molar-refractivity contribution in [3.05, 3.63) is 71.3 Å². The number of halogens is 3. The van der Waals surface area contributed by atoms with Crippen LogP contribution in [0.4, 0.5) is 13.2 Å². The summed E-state index contributed by atoms with van der Waals surface area (Å²) in [6.45, 7) is -0.113. The van der Waals surface area contributed by atoms with Gasteiger partial charge in [-0.2, -0.15) is 13.2 Å². The lowest BCUT2D eigenvalue weighted by atomic mass is 10.1. The molecular formula is C19H18F3NO2. The van der Waals surface area contributed by atoms with E-state index in [1.165, 1.54) is 12.1 Å². The molecule has 25 heavy (non-hydrogen) atoms. The Hall–Kier alpha value is -2.34. The molecular weight excluding hydrogens is 331 g/mol. The molecule has 1 aliphatic carbocycles. The van der Waals surface area contributed by atoms with Gasteiger partial charge in [-0.1, -0.05) is 42.5 Å². The van der Waals surface area contributed by atoms with Crippen LogP contribution in [-0.4, -0.2) is 17.6 Å². The number of aliphatic hydroxyl groups excluding tert-OH is 1. The number of nitrogens with one attached hydrogen (secondary N) is 1. The molecule has 0 bridgehead atoms. The summed E-state index contributed by atoms with van der Waals surface area (Å²) < 4.78 is 38.1. The number of rotatable bonds is 5. The first-order valence-electron chi connectivity index (χ1n) is 8.04. The van der Waals surface area contributed by atoms with Crippen LogP contribution in [0.1, 0.15) is 35.1 Å². The number of carbonyl (C=O) groups is 1. The highest BCUT2D eigenvalue weighted by molar-refractivity contribution is 5.82. The maximum atomic E-state index is 12.7. The van der Waals surface area contributed by atoms with E-state index in [4.69, 9.17) is 0 Å². The van der Waals surface area contributed by atoms with E-state index in [0.29, 0.717) is 0 Å². The summed E-state index contributed by atoms with van der Waals surface area (Å²) in [4.78, 5) is 12.1. The van der Waals surface area contributed by atoms with Crippen LogP contribution < -0.4 is 5.32 Å². The van der Waals surface area contributed by atoms with E-state index in [2.05, 4.69) is 5.32 Å². The normalized spacial score (nSPS) is 20.8. The zero-order valence-corrected chi connectivity index (χ0v) is 13.3. The molecule has 1 saturated carbocycles. The lowest BCUT2D eigenvalue weighted by Gasteiger charge is -2.14. The van der Waals surface area contributed by atoms with Crippen LogP contribution in [0.3, 0.4) is 0 Å². The third kappa shape index (κ3) is 4.20. The largest absolute Gasteiger partial charge is 0.416 e. The summed E-state index contributed by atoms with van der Waals surface area (Å²) >= 11 is 0. The van der Waals surface area contributed by atoms with Gasteiger partial charge in [0.15, 0.2) is 0 Å². The van der Waals surface area contributed by atoms with Gasteiger partial charge in [0.2, 0.25) is 5.91 Å². The first kappa shape index (κ1) is 17.5. The maximum absolute atomic E-state index is 12.7. The van der Waals surface area contributed by atoms with Crippen LogP contribution >= 0.6 is 0 Å². The van der Waals surface area contributed by atoms with E-state index < -0.39 is 17.8 Å². The molecule has 0 spiro atoms. The van der Waals surface area contributed by atoms with E-state index in [1.54, 1.807) is 0 Å². The van der Waals surface area contributed by atoms with Gasteiger partial charge in [-0.25, -0.2) is 0 Å². The Bertz CT molecular complexity index is 746. The molecule has 3 unspecified atom stereocenters. The van der Waals surface area contributed by atoms with Crippen LogP contribution in [0.5, 0.6) is 0 Å². The fraction of sp³-hybridized carbons (Fsp3) is 0.316. The Morgan fingerprint density at radius 1 is 1.16 bits per heavy atom. The number of hydrogen-bond acceptors (Lipinski definition) is 2. The molecule has 0 saturated heterocycles. The average molecular weight is 349 g/mol. The SMILES string of the molecule is O=C(NCC(O)c1cccc(C(F)(F)F)c1)C1CC1c1ccccc1.